The molecule has 0 fully saturated rings. The first-order chi connectivity index (χ1) is 9.01. The molecule has 0 aromatic carbocycles. The molecule has 0 radical (unpaired) electrons. The van der Waals surface area contributed by atoms with Gasteiger partial charge < -0.3 is 10.6 Å². The Kier molecular flexibility index (Phi) is 3.78. The minimum absolute atomic E-state index is 0.106. The van der Waals surface area contributed by atoms with Crippen LogP contribution in [0, 0.1) is 0 Å². The number of pyridine rings is 2. The van der Waals surface area contributed by atoms with Crippen LogP contribution in [0.25, 0.3) is 10.8 Å². The second kappa shape index (κ2) is 5.34. The minimum Gasteiger partial charge on any atom is -0.373 e. The molecular weight excluding hydrogens is 250 g/mol. The minimum atomic E-state index is -2.60. The maximum absolute atomic E-state index is 12.8. The Bertz CT molecular complexity index is 584. The number of hydrogen-bond acceptors (Lipinski definition) is 4. The Labute approximate surface area is 110 Å². The quantitative estimate of drug-likeness (QED) is 0.890. The van der Waals surface area contributed by atoms with Crippen molar-refractivity contribution in [3.63, 3.8) is 0 Å². The van der Waals surface area contributed by atoms with E-state index in [1.807, 2.05) is 13.8 Å². The van der Waals surface area contributed by atoms with Crippen molar-refractivity contribution in [2.45, 2.75) is 26.3 Å². The van der Waals surface area contributed by atoms with Crippen molar-refractivity contribution < 1.29 is 8.78 Å². The molecule has 2 aromatic rings. The van der Waals surface area contributed by atoms with Gasteiger partial charge in [-0.15, -0.1) is 0 Å². The maximum Gasteiger partial charge on any atom is 0.280 e. The summed E-state index contributed by atoms with van der Waals surface area (Å²) in [6, 6.07) is 3.27. The highest BCUT2D eigenvalue weighted by Gasteiger charge is 2.14. The van der Waals surface area contributed by atoms with E-state index in [-0.39, 0.29) is 11.7 Å². The fraction of sp³-hybridized carbons (Fsp3) is 0.385. The lowest BCUT2D eigenvalue weighted by molar-refractivity contribution is 0.146. The van der Waals surface area contributed by atoms with Crippen LogP contribution in [-0.2, 0) is 0 Å². The van der Waals surface area contributed by atoms with E-state index in [1.165, 1.54) is 6.07 Å². The van der Waals surface area contributed by atoms with E-state index in [2.05, 4.69) is 20.6 Å². The number of nitrogens with one attached hydrogen (secondary N) is 2. The van der Waals surface area contributed by atoms with Gasteiger partial charge in [0, 0.05) is 30.1 Å². The van der Waals surface area contributed by atoms with Crippen LogP contribution < -0.4 is 10.6 Å². The molecule has 0 saturated heterocycles. The Morgan fingerprint density at radius 3 is 2.53 bits per heavy atom. The van der Waals surface area contributed by atoms with Crippen LogP contribution in [0.1, 0.15) is 26.0 Å². The third kappa shape index (κ3) is 2.89. The summed E-state index contributed by atoms with van der Waals surface area (Å²) in [5.74, 6) is 1.13. The van der Waals surface area contributed by atoms with Crippen LogP contribution in [0.2, 0.25) is 0 Å². The Morgan fingerprint density at radius 1 is 1.21 bits per heavy atom. The molecule has 102 valence electrons. The lowest BCUT2D eigenvalue weighted by atomic mass is 10.1. The Morgan fingerprint density at radius 2 is 1.95 bits per heavy atom. The summed E-state index contributed by atoms with van der Waals surface area (Å²) >= 11 is 0. The molecule has 0 aliphatic carbocycles. The molecule has 4 nitrogen and oxygen atoms in total. The lowest BCUT2D eigenvalue weighted by Crippen LogP contribution is -2.12. The first kappa shape index (κ1) is 13.5. The van der Waals surface area contributed by atoms with Crippen LogP contribution in [0.5, 0.6) is 0 Å². The molecule has 2 heterocycles. The van der Waals surface area contributed by atoms with E-state index < -0.39 is 6.43 Å². The third-order valence-corrected chi connectivity index (χ3v) is 2.64. The SMILES string of the molecule is CNc1cc2c(NC(C)C)nc(C(F)F)cc2cn1. The average molecular weight is 266 g/mol. The monoisotopic (exact) mass is 266 g/mol. The van der Waals surface area contributed by atoms with Crippen molar-refractivity contribution in [3.05, 3.63) is 24.0 Å². The fourth-order valence-electron chi connectivity index (χ4n) is 1.80. The smallest absolute Gasteiger partial charge is 0.280 e. The van der Waals surface area contributed by atoms with Gasteiger partial charge in [-0.25, -0.2) is 18.7 Å². The molecule has 0 aliphatic rings. The zero-order valence-corrected chi connectivity index (χ0v) is 11.0. The van der Waals surface area contributed by atoms with Crippen LogP contribution in [-0.4, -0.2) is 23.1 Å². The highest BCUT2D eigenvalue weighted by atomic mass is 19.3. The number of halogens is 2. The molecule has 6 heteroatoms. The van der Waals surface area contributed by atoms with E-state index in [1.54, 1.807) is 19.3 Å². The molecule has 0 atom stereocenters. The number of anilines is 2. The molecular formula is C13H16F2N4. The number of aromatic nitrogens is 2. The molecule has 2 N–H and O–H groups in total. The van der Waals surface area contributed by atoms with Gasteiger partial charge in [-0.05, 0) is 26.0 Å². The molecule has 2 rings (SSSR count). The lowest BCUT2D eigenvalue weighted by Gasteiger charge is -2.14. The van der Waals surface area contributed by atoms with Gasteiger partial charge in [-0.2, -0.15) is 0 Å². The zero-order chi connectivity index (χ0) is 14.0. The largest absolute Gasteiger partial charge is 0.373 e. The number of fused-ring (bicyclic) bond motifs is 1. The van der Waals surface area contributed by atoms with Crippen molar-refractivity contribution in [1.29, 1.82) is 0 Å². The maximum atomic E-state index is 12.8. The predicted octanol–water partition coefficient (Wildman–Crippen LogP) is 3.43. The van der Waals surface area contributed by atoms with Crippen LogP contribution in [0.4, 0.5) is 20.4 Å². The summed E-state index contributed by atoms with van der Waals surface area (Å²) in [6.45, 7) is 3.87. The normalized spacial score (nSPS) is 11.3. The van der Waals surface area contributed by atoms with Crippen LogP contribution in [0.3, 0.4) is 0 Å². The predicted molar refractivity (Wildman–Crippen MR) is 72.8 cm³/mol. The second-order valence-corrected chi connectivity index (χ2v) is 4.54. The van der Waals surface area contributed by atoms with Gasteiger partial charge in [-0.3, -0.25) is 0 Å². The zero-order valence-electron chi connectivity index (χ0n) is 11.0. The van der Waals surface area contributed by atoms with Gasteiger partial charge in [-0.1, -0.05) is 0 Å². The Hall–Kier alpha value is -1.98. The molecule has 0 unspecified atom stereocenters. The number of rotatable bonds is 4. The van der Waals surface area contributed by atoms with E-state index >= 15 is 0 Å². The van der Waals surface area contributed by atoms with Gasteiger partial charge in [0.05, 0.1) is 0 Å². The molecule has 0 aliphatic heterocycles. The molecule has 0 amide bonds. The second-order valence-electron chi connectivity index (χ2n) is 4.54. The summed E-state index contributed by atoms with van der Waals surface area (Å²) in [5, 5.41) is 7.44. The van der Waals surface area contributed by atoms with Gasteiger partial charge in [0.2, 0.25) is 0 Å². The summed E-state index contributed by atoms with van der Waals surface area (Å²) in [5.41, 5.74) is -0.241. The van der Waals surface area contributed by atoms with Crippen LogP contribution in [0.15, 0.2) is 18.3 Å². The highest BCUT2D eigenvalue weighted by molar-refractivity contribution is 5.93. The molecule has 19 heavy (non-hydrogen) atoms. The van der Waals surface area contributed by atoms with Gasteiger partial charge >= 0.3 is 0 Å². The molecule has 0 bridgehead atoms. The number of hydrogen-bond donors (Lipinski definition) is 2. The molecule has 0 spiro atoms. The highest BCUT2D eigenvalue weighted by Crippen LogP contribution is 2.28. The van der Waals surface area contributed by atoms with Gasteiger partial charge in [0.15, 0.2) is 0 Å². The molecule has 0 saturated carbocycles. The first-order valence-electron chi connectivity index (χ1n) is 6.04. The summed E-state index contributed by atoms with van der Waals surface area (Å²) in [4.78, 5) is 8.13. The summed E-state index contributed by atoms with van der Waals surface area (Å²) in [7, 11) is 1.75. The van der Waals surface area contributed by atoms with E-state index in [9.17, 15) is 8.78 Å². The van der Waals surface area contributed by atoms with Gasteiger partial charge in [0.1, 0.15) is 17.3 Å². The number of nitrogens with zero attached hydrogens (tertiary/aromatic N) is 2. The van der Waals surface area contributed by atoms with Gasteiger partial charge in [0.25, 0.3) is 6.43 Å². The third-order valence-electron chi connectivity index (χ3n) is 2.64. The number of alkyl halides is 2. The fourth-order valence-corrected chi connectivity index (χ4v) is 1.80. The van der Waals surface area contributed by atoms with Crippen molar-refractivity contribution >= 4 is 22.4 Å². The first-order valence-corrected chi connectivity index (χ1v) is 6.04. The summed E-state index contributed by atoms with van der Waals surface area (Å²) in [6.07, 6.45) is -1.03. The molecule has 2 aromatic heterocycles. The summed E-state index contributed by atoms with van der Waals surface area (Å²) < 4.78 is 25.7. The van der Waals surface area contributed by atoms with E-state index in [0.717, 1.165) is 5.39 Å². The van der Waals surface area contributed by atoms with Crippen LogP contribution >= 0.6 is 0 Å². The van der Waals surface area contributed by atoms with E-state index in [4.69, 9.17) is 0 Å². The van der Waals surface area contributed by atoms with Crippen molar-refractivity contribution in [2.75, 3.05) is 17.7 Å². The average Bonchev–Trinajstić information content (AvgIpc) is 2.37. The van der Waals surface area contributed by atoms with Crippen molar-refractivity contribution in [2.24, 2.45) is 0 Å². The standard InChI is InChI=1S/C13H16F2N4/c1-7(2)18-13-9-5-11(16-3)17-6-8(9)4-10(19-13)12(14)15/h4-7,12H,1-3H3,(H,16,17)(H,18,19). The van der Waals surface area contributed by atoms with Crippen molar-refractivity contribution in [1.82, 2.24) is 9.97 Å². The van der Waals surface area contributed by atoms with Crippen molar-refractivity contribution in [3.8, 4) is 0 Å². The Balaban J connectivity index is 2.63. The van der Waals surface area contributed by atoms with E-state index in [0.29, 0.717) is 17.0 Å². The topological polar surface area (TPSA) is 49.8 Å².